The predicted octanol–water partition coefficient (Wildman–Crippen LogP) is 2.79. The van der Waals surface area contributed by atoms with E-state index in [2.05, 4.69) is 27.4 Å². The molecule has 0 rings (SSSR count). The molecule has 0 aliphatic carbocycles. The Labute approximate surface area is 63.0 Å². The summed E-state index contributed by atoms with van der Waals surface area (Å²) in [7, 11) is 0. The van der Waals surface area contributed by atoms with E-state index >= 15 is 0 Å². The van der Waals surface area contributed by atoms with E-state index in [1.54, 1.807) is 6.08 Å². The molecule has 0 spiro atoms. The maximum absolute atomic E-state index is 6.75. The van der Waals surface area contributed by atoms with Crippen LogP contribution in [0.4, 0.5) is 0 Å². The van der Waals surface area contributed by atoms with E-state index < -0.39 is 0 Å². The lowest BCUT2D eigenvalue weighted by Gasteiger charge is -2.18. The third kappa shape index (κ3) is 3.23. The van der Waals surface area contributed by atoms with Crippen molar-refractivity contribution >= 4 is 6.21 Å². The molecule has 56 valence electrons. The van der Waals surface area contributed by atoms with Gasteiger partial charge in [-0.05, 0) is 17.1 Å². The molecule has 0 aromatic rings. The Morgan fingerprint density at radius 2 is 1.90 bits per heavy atom. The molecule has 0 aromatic heterocycles. The Balaban J connectivity index is 4.11. The maximum Gasteiger partial charge on any atom is 0.0177 e. The van der Waals surface area contributed by atoms with E-state index in [4.69, 9.17) is 5.41 Å². The molecule has 0 atom stereocenters. The number of rotatable bonds is 2. The third-order valence-electron chi connectivity index (χ3n) is 1.36. The molecule has 0 saturated heterocycles. The molecule has 1 N–H and O–H groups in total. The van der Waals surface area contributed by atoms with Crippen LogP contribution in [-0.4, -0.2) is 6.21 Å². The van der Waals surface area contributed by atoms with Crippen molar-refractivity contribution in [2.45, 2.75) is 20.8 Å². The molecule has 0 saturated carbocycles. The van der Waals surface area contributed by atoms with Crippen molar-refractivity contribution < 1.29 is 0 Å². The highest BCUT2D eigenvalue weighted by atomic mass is 14.3. The Morgan fingerprint density at radius 3 is 2.20 bits per heavy atom. The van der Waals surface area contributed by atoms with Crippen LogP contribution in [-0.2, 0) is 0 Å². The van der Waals surface area contributed by atoms with Crippen molar-refractivity contribution in [3.63, 3.8) is 0 Å². The molecular formula is C9H15N. The summed E-state index contributed by atoms with van der Waals surface area (Å²) in [4.78, 5) is 0. The summed E-state index contributed by atoms with van der Waals surface area (Å²) in [5.41, 5.74) is 1.18. The highest BCUT2D eigenvalue weighted by Crippen LogP contribution is 2.23. The van der Waals surface area contributed by atoms with Crippen molar-refractivity contribution in [3.05, 3.63) is 24.3 Å². The fourth-order valence-electron chi connectivity index (χ4n) is 0.414. The molecule has 0 unspecified atom stereocenters. The summed E-state index contributed by atoms with van der Waals surface area (Å²) < 4.78 is 0. The molecule has 0 bridgehead atoms. The van der Waals surface area contributed by atoms with Gasteiger partial charge in [0, 0.05) is 6.21 Å². The van der Waals surface area contributed by atoms with Crippen LogP contribution >= 0.6 is 0 Å². The average Bonchev–Trinajstić information content (AvgIpc) is 1.80. The largest absolute Gasteiger partial charge is 0.309 e. The molecule has 0 amide bonds. The molecular weight excluding hydrogens is 122 g/mol. The molecule has 0 radical (unpaired) electrons. The third-order valence-corrected chi connectivity index (χ3v) is 1.36. The van der Waals surface area contributed by atoms with Crippen LogP contribution < -0.4 is 0 Å². The zero-order valence-electron chi connectivity index (χ0n) is 6.94. The summed E-state index contributed by atoms with van der Waals surface area (Å²) in [5, 5.41) is 6.75. The van der Waals surface area contributed by atoms with E-state index in [0.29, 0.717) is 0 Å². The molecule has 0 aromatic carbocycles. The van der Waals surface area contributed by atoms with Gasteiger partial charge >= 0.3 is 0 Å². The Morgan fingerprint density at radius 1 is 1.40 bits per heavy atom. The maximum atomic E-state index is 6.75. The SMILES string of the molecule is C=C(/C=C\C=N)C(C)(C)C. The zero-order valence-corrected chi connectivity index (χ0v) is 6.94. The fraction of sp³-hybridized carbons (Fsp3) is 0.444. The first kappa shape index (κ1) is 9.15. The summed E-state index contributed by atoms with van der Waals surface area (Å²) in [6.07, 6.45) is 4.82. The van der Waals surface area contributed by atoms with Crippen LogP contribution in [0.15, 0.2) is 24.3 Å². The topological polar surface area (TPSA) is 23.9 Å². The van der Waals surface area contributed by atoms with Gasteiger partial charge in [-0.2, -0.15) is 0 Å². The van der Waals surface area contributed by atoms with Crippen molar-refractivity contribution in [1.82, 2.24) is 0 Å². The second-order valence-electron chi connectivity index (χ2n) is 3.30. The minimum Gasteiger partial charge on any atom is -0.309 e. The quantitative estimate of drug-likeness (QED) is 0.447. The normalized spacial score (nSPS) is 11.9. The second kappa shape index (κ2) is 3.35. The van der Waals surface area contributed by atoms with Gasteiger partial charge in [-0.1, -0.05) is 33.4 Å². The summed E-state index contributed by atoms with van der Waals surface area (Å²) >= 11 is 0. The van der Waals surface area contributed by atoms with Gasteiger partial charge in [0.1, 0.15) is 0 Å². The highest BCUT2D eigenvalue weighted by Gasteiger charge is 2.10. The van der Waals surface area contributed by atoms with Crippen LogP contribution in [0.2, 0.25) is 0 Å². The lowest BCUT2D eigenvalue weighted by atomic mass is 9.87. The standard InChI is InChI=1S/C9H15N/c1-8(6-5-7-10)9(2,3)4/h5-7,10H,1H2,2-4H3/b6-5-,10-7?. The van der Waals surface area contributed by atoms with E-state index in [1.165, 1.54) is 6.21 Å². The monoisotopic (exact) mass is 137 g/mol. The smallest absolute Gasteiger partial charge is 0.0177 e. The zero-order chi connectivity index (χ0) is 8.20. The van der Waals surface area contributed by atoms with Crippen molar-refractivity contribution in [2.24, 2.45) is 5.41 Å². The van der Waals surface area contributed by atoms with Crippen molar-refractivity contribution in [1.29, 1.82) is 5.41 Å². The van der Waals surface area contributed by atoms with Crippen LogP contribution in [0.3, 0.4) is 0 Å². The van der Waals surface area contributed by atoms with E-state index in [0.717, 1.165) is 5.57 Å². The lowest BCUT2D eigenvalue weighted by molar-refractivity contribution is 0.519. The van der Waals surface area contributed by atoms with Crippen molar-refractivity contribution in [2.75, 3.05) is 0 Å². The van der Waals surface area contributed by atoms with Gasteiger partial charge in [-0.15, -0.1) is 0 Å². The number of hydrogen-bond donors (Lipinski definition) is 1. The van der Waals surface area contributed by atoms with Gasteiger partial charge < -0.3 is 5.41 Å². The molecule has 0 aliphatic heterocycles. The van der Waals surface area contributed by atoms with E-state index in [-0.39, 0.29) is 5.41 Å². The fourth-order valence-corrected chi connectivity index (χ4v) is 0.414. The van der Waals surface area contributed by atoms with Gasteiger partial charge in [-0.25, -0.2) is 0 Å². The van der Waals surface area contributed by atoms with E-state index in [1.807, 2.05) is 6.08 Å². The van der Waals surface area contributed by atoms with Crippen LogP contribution in [0.5, 0.6) is 0 Å². The van der Waals surface area contributed by atoms with Crippen LogP contribution in [0.25, 0.3) is 0 Å². The van der Waals surface area contributed by atoms with Gasteiger partial charge in [0.2, 0.25) is 0 Å². The summed E-state index contributed by atoms with van der Waals surface area (Å²) in [6, 6.07) is 0. The molecule has 0 fully saturated rings. The predicted molar refractivity (Wildman–Crippen MR) is 46.5 cm³/mol. The molecule has 0 aliphatic rings. The minimum atomic E-state index is 0.125. The molecule has 1 nitrogen and oxygen atoms in total. The molecule has 10 heavy (non-hydrogen) atoms. The molecule has 1 heteroatoms. The van der Waals surface area contributed by atoms with Gasteiger partial charge in [0.25, 0.3) is 0 Å². The van der Waals surface area contributed by atoms with Gasteiger partial charge in [-0.3, -0.25) is 0 Å². The van der Waals surface area contributed by atoms with Gasteiger partial charge in [0.05, 0.1) is 0 Å². The number of nitrogens with one attached hydrogen (secondary N) is 1. The van der Waals surface area contributed by atoms with Crippen molar-refractivity contribution in [3.8, 4) is 0 Å². The average molecular weight is 137 g/mol. The minimum absolute atomic E-state index is 0.125. The van der Waals surface area contributed by atoms with E-state index in [9.17, 15) is 0 Å². The number of hydrogen-bond acceptors (Lipinski definition) is 1. The second-order valence-corrected chi connectivity index (χ2v) is 3.30. The summed E-state index contributed by atoms with van der Waals surface area (Å²) in [6.45, 7) is 10.2. The Hall–Kier alpha value is -0.850. The first-order valence-corrected chi connectivity index (χ1v) is 3.35. The Kier molecular flexibility index (Phi) is 3.07. The lowest BCUT2D eigenvalue weighted by Crippen LogP contribution is -2.05. The first-order valence-electron chi connectivity index (χ1n) is 3.35. The van der Waals surface area contributed by atoms with Crippen LogP contribution in [0, 0.1) is 10.8 Å². The Bertz CT molecular complexity index is 158. The molecule has 0 heterocycles. The highest BCUT2D eigenvalue weighted by molar-refractivity contribution is 5.68. The van der Waals surface area contributed by atoms with Crippen LogP contribution in [0.1, 0.15) is 20.8 Å². The van der Waals surface area contributed by atoms with Gasteiger partial charge in [0.15, 0.2) is 0 Å². The number of allylic oxidation sites excluding steroid dienone is 3. The first-order chi connectivity index (χ1) is 4.48. The summed E-state index contributed by atoms with van der Waals surface area (Å²) in [5.74, 6) is 0.